The Morgan fingerprint density at radius 1 is 1.53 bits per heavy atom. The Morgan fingerprint density at radius 3 is 2.80 bits per heavy atom. The van der Waals surface area contributed by atoms with Gasteiger partial charge in [0, 0.05) is 10.5 Å². The molecule has 1 heterocycles. The molecule has 0 saturated carbocycles. The van der Waals surface area contributed by atoms with Gasteiger partial charge in [-0.25, -0.2) is 0 Å². The normalized spacial score (nSPS) is 16.1. The Labute approximate surface area is 93.5 Å². The van der Waals surface area contributed by atoms with Crippen molar-refractivity contribution < 1.29 is 4.74 Å². The van der Waals surface area contributed by atoms with E-state index in [2.05, 4.69) is 0 Å². The molecule has 1 aromatic rings. The highest BCUT2D eigenvalue weighted by atomic mass is 32.2. The van der Waals surface area contributed by atoms with Crippen LogP contribution in [0.1, 0.15) is 11.1 Å². The van der Waals surface area contributed by atoms with Gasteiger partial charge in [-0.1, -0.05) is 18.2 Å². The standard InChI is InChI=1S/C11H14N2OS/c1-7-3-2-4-9(11(12)13)10(7)15-8-5-14-6-8/h2-4,8H,5-6H2,1H3,(H3,12,13). The summed E-state index contributed by atoms with van der Waals surface area (Å²) in [6.07, 6.45) is 0. The molecule has 0 spiro atoms. The molecule has 2 rings (SSSR count). The first-order valence-electron chi connectivity index (χ1n) is 4.87. The molecule has 0 aromatic heterocycles. The van der Waals surface area contributed by atoms with Crippen LogP contribution in [0.15, 0.2) is 23.1 Å². The minimum atomic E-state index is 0.140. The van der Waals surface area contributed by atoms with Crippen LogP contribution < -0.4 is 5.73 Å². The molecule has 0 unspecified atom stereocenters. The fraction of sp³-hybridized carbons (Fsp3) is 0.364. The summed E-state index contributed by atoms with van der Waals surface area (Å²) in [5.74, 6) is 0.140. The predicted molar refractivity (Wildman–Crippen MR) is 62.7 cm³/mol. The van der Waals surface area contributed by atoms with Crippen LogP contribution in [0.25, 0.3) is 0 Å². The number of thioether (sulfide) groups is 1. The van der Waals surface area contributed by atoms with Gasteiger partial charge in [0.15, 0.2) is 0 Å². The number of nitrogens with one attached hydrogen (secondary N) is 1. The highest BCUT2D eigenvalue weighted by Gasteiger charge is 2.22. The van der Waals surface area contributed by atoms with Crippen LogP contribution in [0, 0.1) is 12.3 Å². The molecule has 1 fully saturated rings. The van der Waals surface area contributed by atoms with E-state index in [0.29, 0.717) is 5.25 Å². The summed E-state index contributed by atoms with van der Waals surface area (Å²) in [6, 6.07) is 5.89. The lowest BCUT2D eigenvalue weighted by Gasteiger charge is -2.26. The summed E-state index contributed by atoms with van der Waals surface area (Å²) < 4.78 is 5.14. The first-order chi connectivity index (χ1) is 7.18. The van der Waals surface area contributed by atoms with Crippen LogP contribution in [0.2, 0.25) is 0 Å². The number of amidine groups is 1. The largest absolute Gasteiger partial charge is 0.384 e. The molecule has 0 radical (unpaired) electrons. The van der Waals surface area contributed by atoms with Gasteiger partial charge >= 0.3 is 0 Å². The van der Waals surface area contributed by atoms with E-state index in [1.165, 1.54) is 5.56 Å². The fourth-order valence-corrected chi connectivity index (χ4v) is 2.69. The minimum Gasteiger partial charge on any atom is -0.384 e. The van der Waals surface area contributed by atoms with Gasteiger partial charge in [0.05, 0.1) is 18.5 Å². The van der Waals surface area contributed by atoms with Crippen molar-refractivity contribution in [3.63, 3.8) is 0 Å². The SMILES string of the molecule is Cc1cccc(C(=N)N)c1SC1COC1. The van der Waals surface area contributed by atoms with Crippen molar-refractivity contribution in [1.29, 1.82) is 5.41 Å². The molecule has 1 aliphatic rings. The van der Waals surface area contributed by atoms with E-state index in [0.717, 1.165) is 23.7 Å². The molecule has 0 atom stereocenters. The summed E-state index contributed by atoms with van der Waals surface area (Å²) in [4.78, 5) is 1.12. The third-order valence-electron chi connectivity index (χ3n) is 2.39. The zero-order valence-electron chi connectivity index (χ0n) is 8.62. The van der Waals surface area contributed by atoms with E-state index < -0.39 is 0 Å². The minimum absolute atomic E-state index is 0.140. The summed E-state index contributed by atoms with van der Waals surface area (Å²) in [5.41, 5.74) is 7.58. The Morgan fingerprint density at radius 2 is 2.27 bits per heavy atom. The lowest BCUT2D eigenvalue weighted by molar-refractivity contribution is 0.0455. The van der Waals surface area contributed by atoms with Crippen LogP contribution in [-0.4, -0.2) is 24.3 Å². The average molecular weight is 222 g/mol. The van der Waals surface area contributed by atoms with Crippen molar-refractivity contribution in [3.8, 4) is 0 Å². The fourth-order valence-electron chi connectivity index (χ4n) is 1.47. The van der Waals surface area contributed by atoms with Crippen molar-refractivity contribution in [1.82, 2.24) is 0 Å². The monoisotopic (exact) mass is 222 g/mol. The number of rotatable bonds is 3. The Bertz CT molecular complexity index is 388. The lowest BCUT2D eigenvalue weighted by Crippen LogP contribution is -2.30. The summed E-state index contributed by atoms with van der Waals surface area (Å²) >= 11 is 1.77. The average Bonchev–Trinajstić information content (AvgIpc) is 2.12. The lowest BCUT2D eigenvalue weighted by atomic mass is 10.1. The molecule has 3 nitrogen and oxygen atoms in total. The maximum atomic E-state index is 7.53. The van der Waals surface area contributed by atoms with Gasteiger partial charge < -0.3 is 10.5 Å². The summed E-state index contributed by atoms with van der Waals surface area (Å²) in [7, 11) is 0. The topological polar surface area (TPSA) is 59.1 Å². The molecule has 1 saturated heterocycles. The molecular formula is C11H14N2OS. The first-order valence-corrected chi connectivity index (χ1v) is 5.75. The molecule has 0 aliphatic carbocycles. The Hall–Kier alpha value is -1.00. The maximum absolute atomic E-state index is 7.53. The molecular weight excluding hydrogens is 208 g/mol. The maximum Gasteiger partial charge on any atom is 0.123 e. The second-order valence-electron chi connectivity index (χ2n) is 3.64. The number of hydrogen-bond acceptors (Lipinski definition) is 3. The molecule has 80 valence electrons. The van der Waals surface area contributed by atoms with Crippen molar-refractivity contribution >= 4 is 17.6 Å². The number of aryl methyl sites for hydroxylation is 1. The van der Waals surface area contributed by atoms with Crippen LogP contribution in [-0.2, 0) is 4.74 Å². The number of nitrogens with two attached hydrogens (primary N) is 1. The van der Waals surface area contributed by atoms with Gasteiger partial charge in [0.1, 0.15) is 5.84 Å². The third-order valence-corrected chi connectivity index (χ3v) is 3.78. The van der Waals surface area contributed by atoms with Crippen molar-refractivity contribution in [2.24, 2.45) is 5.73 Å². The van der Waals surface area contributed by atoms with E-state index >= 15 is 0 Å². The second-order valence-corrected chi connectivity index (χ2v) is 4.95. The second kappa shape index (κ2) is 4.24. The van der Waals surface area contributed by atoms with Gasteiger partial charge in [-0.15, -0.1) is 11.8 Å². The van der Waals surface area contributed by atoms with Gasteiger partial charge in [-0.2, -0.15) is 0 Å². The van der Waals surface area contributed by atoms with Crippen LogP contribution in [0.5, 0.6) is 0 Å². The summed E-state index contributed by atoms with van der Waals surface area (Å²) in [5, 5.41) is 8.04. The van der Waals surface area contributed by atoms with E-state index in [1.54, 1.807) is 11.8 Å². The quantitative estimate of drug-likeness (QED) is 0.605. The number of hydrogen-bond donors (Lipinski definition) is 2. The molecule has 3 N–H and O–H groups in total. The highest BCUT2D eigenvalue weighted by molar-refractivity contribution is 8.00. The zero-order chi connectivity index (χ0) is 10.8. The van der Waals surface area contributed by atoms with Crippen LogP contribution >= 0.6 is 11.8 Å². The van der Waals surface area contributed by atoms with E-state index in [-0.39, 0.29) is 5.84 Å². The molecule has 15 heavy (non-hydrogen) atoms. The van der Waals surface area contributed by atoms with Crippen molar-refractivity contribution in [3.05, 3.63) is 29.3 Å². The van der Waals surface area contributed by atoms with Gasteiger partial charge in [-0.3, -0.25) is 5.41 Å². The Balaban J connectivity index is 2.29. The van der Waals surface area contributed by atoms with Crippen molar-refractivity contribution in [2.75, 3.05) is 13.2 Å². The van der Waals surface area contributed by atoms with Crippen molar-refractivity contribution in [2.45, 2.75) is 17.1 Å². The molecule has 1 aliphatic heterocycles. The van der Waals surface area contributed by atoms with Crippen LogP contribution in [0.4, 0.5) is 0 Å². The number of ether oxygens (including phenoxy) is 1. The van der Waals surface area contributed by atoms with E-state index in [1.807, 2.05) is 25.1 Å². The smallest absolute Gasteiger partial charge is 0.123 e. The van der Waals surface area contributed by atoms with E-state index in [9.17, 15) is 0 Å². The van der Waals surface area contributed by atoms with Gasteiger partial charge in [0.25, 0.3) is 0 Å². The highest BCUT2D eigenvalue weighted by Crippen LogP contribution is 2.32. The zero-order valence-corrected chi connectivity index (χ0v) is 9.43. The number of nitrogen functional groups attached to an aromatic ring is 1. The van der Waals surface area contributed by atoms with E-state index in [4.69, 9.17) is 15.9 Å². The predicted octanol–water partition coefficient (Wildman–Crippen LogP) is 1.77. The third kappa shape index (κ3) is 2.16. The van der Waals surface area contributed by atoms with Gasteiger partial charge in [0.2, 0.25) is 0 Å². The molecule has 4 heteroatoms. The Kier molecular flexibility index (Phi) is 2.98. The molecule has 0 amide bonds. The number of benzene rings is 1. The van der Waals surface area contributed by atoms with Crippen LogP contribution in [0.3, 0.4) is 0 Å². The molecule has 0 bridgehead atoms. The van der Waals surface area contributed by atoms with Gasteiger partial charge in [-0.05, 0) is 12.5 Å². The summed E-state index contributed by atoms with van der Waals surface area (Å²) in [6.45, 7) is 3.65. The molecule has 1 aromatic carbocycles. The first kappa shape index (κ1) is 10.5.